The van der Waals surface area contributed by atoms with E-state index in [0.717, 1.165) is 32.8 Å². The number of aryl methyl sites for hydroxylation is 1. The molecule has 2 heterocycles. The summed E-state index contributed by atoms with van der Waals surface area (Å²) >= 11 is 1.49. The molecule has 1 N–H and O–H groups in total. The van der Waals surface area contributed by atoms with Crippen LogP contribution in [-0.2, 0) is 7.05 Å². The van der Waals surface area contributed by atoms with Crippen molar-refractivity contribution in [2.24, 2.45) is 18.9 Å². The molecule has 1 saturated carbocycles. The highest BCUT2D eigenvalue weighted by molar-refractivity contribution is 7.20. The second kappa shape index (κ2) is 8.30. The predicted molar refractivity (Wildman–Crippen MR) is 121 cm³/mol. The maximum absolute atomic E-state index is 13.0. The fourth-order valence-corrected chi connectivity index (χ4v) is 5.35. The number of nitrogens with one attached hydrogen (secondary N) is 1. The van der Waals surface area contributed by atoms with Crippen LogP contribution >= 0.6 is 11.3 Å². The predicted octanol–water partition coefficient (Wildman–Crippen LogP) is 4.87. The minimum Gasteiger partial charge on any atom is -0.493 e. The lowest BCUT2D eigenvalue weighted by Crippen LogP contribution is -2.43. The summed E-state index contributed by atoms with van der Waals surface area (Å²) in [6.07, 6.45) is 3.48. The van der Waals surface area contributed by atoms with Crippen LogP contribution in [0.2, 0.25) is 0 Å². The maximum atomic E-state index is 13.0. The quantitative estimate of drug-likeness (QED) is 0.631. The van der Waals surface area contributed by atoms with Gasteiger partial charge in [-0.25, -0.2) is 0 Å². The summed E-state index contributed by atoms with van der Waals surface area (Å²) in [6, 6.07) is 7.97. The van der Waals surface area contributed by atoms with E-state index in [1.54, 1.807) is 14.2 Å². The second-order valence-electron chi connectivity index (χ2n) is 8.22. The summed E-state index contributed by atoms with van der Waals surface area (Å²) in [5.41, 5.74) is 1.76. The zero-order chi connectivity index (χ0) is 21.4. The fourth-order valence-electron chi connectivity index (χ4n) is 4.37. The monoisotopic (exact) mass is 427 g/mol. The van der Waals surface area contributed by atoms with Gasteiger partial charge in [0.05, 0.1) is 19.1 Å². The summed E-state index contributed by atoms with van der Waals surface area (Å²) in [7, 11) is 5.15. The first-order valence-electron chi connectivity index (χ1n) is 10.4. The molecule has 1 fully saturated rings. The van der Waals surface area contributed by atoms with Gasteiger partial charge in [-0.15, -0.1) is 11.3 Å². The molecule has 160 valence electrons. The Bertz CT molecular complexity index is 1070. The van der Waals surface area contributed by atoms with E-state index < -0.39 is 0 Å². The molecule has 30 heavy (non-hydrogen) atoms. The van der Waals surface area contributed by atoms with E-state index in [1.165, 1.54) is 24.2 Å². The van der Waals surface area contributed by atoms with Crippen molar-refractivity contribution in [3.8, 4) is 22.8 Å². The number of ether oxygens (including phenoxy) is 2. The number of carbonyl (C=O) groups is 1. The molecule has 7 heteroatoms. The van der Waals surface area contributed by atoms with Crippen LogP contribution in [0.3, 0.4) is 0 Å². The van der Waals surface area contributed by atoms with Crippen molar-refractivity contribution < 1.29 is 14.3 Å². The Labute approximate surface area is 181 Å². The van der Waals surface area contributed by atoms with E-state index in [-0.39, 0.29) is 11.9 Å². The number of benzene rings is 1. The summed E-state index contributed by atoms with van der Waals surface area (Å²) in [5.74, 6) is 2.49. The second-order valence-corrected chi connectivity index (χ2v) is 9.25. The molecule has 3 atom stereocenters. The highest BCUT2D eigenvalue weighted by Gasteiger charge is 2.29. The number of amides is 1. The lowest BCUT2D eigenvalue weighted by molar-refractivity contribution is 0.0895. The first kappa shape index (κ1) is 20.7. The lowest BCUT2D eigenvalue weighted by atomic mass is 9.78. The molecule has 1 aliphatic carbocycles. The molecule has 2 aromatic heterocycles. The maximum Gasteiger partial charge on any atom is 0.261 e. The largest absolute Gasteiger partial charge is 0.493 e. The lowest BCUT2D eigenvalue weighted by Gasteiger charge is -2.34. The Morgan fingerprint density at radius 3 is 2.67 bits per heavy atom. The van der Waals surface area contributed by atoms with E-state index in [2.05, 4.69) is 24.3 Å². The average Bonchev–Trinajstić information content (AvgIpc) is 3.31. The van der Waals surface area contributed by atoms with Crippen LogP contribution in [0.1, 0.15) is 42.8 Å². The summed E-state index contributed by atoms with van der Waals surface area (Å²) < 4.78 is 12.6. The van der Waals surface area contributed by atoms with Crippen LogP contribution in [0.15, 0.2) is 24.3 Å². The molecule has 0 bridgehead atoms. The minimum absolute atomic E-state index is 0.0143. The Hall–Kier alpha value is -2.54. The first-order chi connectivity index (χ1) is 14.4. The highest BCUT2D eigenvalue weighted by Crippen LogP contribution is 2.38. The summed E-state index contributed by atoms with van der Waals surface area (Å²) in [6.45, 7) is 4.53. The number of fused-ring (bicyclic) bond motifs is 1. The number of hydrogen-bond acceptors (Lipinski definition) is 5. The molecule has 1 amide bonds. The van der Waals surface area contributed by atoms with Gasteiger partial charge in [-0.2, -0.15) is 5.10 Å². The Morgan fingerprint density at radius 1 is 1.17 bits per heavy atom. The smallest absolute Gasteiger partial charge is 0.261 e. The molecule has 1 aliphatic rings. The van der Waals surface area contributed by atoms with Crippen molar-refractivity contribution in [3.63, 3.8) is 0 Å². The molecular formula is C23H29N3O3S. The normalized spacial score (nSPS) is 21.6. The molecule has 3 aromatic rings. The number of rotatable bonds is 5. The third kappa shape index (κ3) is 3.67. The molecular weight excluding hydrogens is 398 g/mol. The van der Waals surface area contributed by atoms with Gasteiger partial charge in [-0.1, -0.05) is 26.7 Å². The van der Waals surface area contributed by atoms with Gasteiger partial charge in [-0.3, -0.25) is 9.48 Å². The fraction of sp³-hybridized carbons (Fsp3) is 0.478. The number of hydrogen-bond donors (Lipinski definition) is 1. The molecule has 6 nitrogen and oxygen atoms in total. The van der Waals surface area contributed by atoms with Gasteiger partial charge in [0.1, 0.15) is 10.5 Å². The van der Waals surface area contributed by atoms with E-state index in [4.69, 9.17) is 9.47 Å². The van der Waals surface area contributed by atoms with Gasteiger partial charge < -0.3 is 14.8 Å². The molecule has 0 unspecified atom stereocenters. The molecule has 0 spiro atoms. The third-order valence-corrected chi connectivity index (χ3v) is 7.62. The van der Waals surface area contributed by atoms with E-state index in [0.29, 0.717) is 23.3 Å². The Kier molecular flexibility index (Phi) is 5.73. The van der Waals surface area contributed by atoms with Crippen LogP contribution in [0.4, 0.5) is 0 Å². The van der Waals surface area contributed by atoms with Crippen LogP contribution in [0.25, 0.3) is 21.5 Å². The highest BCUT2D eigenvalue weighted by atomic mass is 32.1. The van der Waals surface area contributed by atoms with Gasteiger partial charge in [0.2, 0.25) is 0 Å². The van der Waals surface area contributed by atoms with Crippen LogP contribution in [-0.4, -0.2) is 35.9 Å². The SMILES string of the molecule is COc1ccc(-c2nn(C)c3sc(C(=O)N[C@@H]4CCC[C@@H](C)[C@@H]4C)cc23)cc1OC. The number of carbonyl (C=O) groups excluding carboxylic acids is 1. The van der Waals surface area contributed by atoms with Crippen molar-refractivity contribution in [3.05, 3.63) is 29.1 Å². The van der Waals surface area contributed by atoms with Crippen LogP contribution in [0.5, 0.6) is 11.5 Å². The van der Waals surface area contributed by atoms with Crippen molar-refractivity contribution >= 4 is 27.5 Å². The molecule has 0 aliphatic heterocycles. The van der Waals surface area contributed by atoms with E-state index >= 15 is 0 Å². The average molecular weight is 428 g/mol. The number of methoxy groups -OCH3 is 2. The van der Waals surface area contributed by atoms with Crippen molar-refractivity contribution in [2.75, 3.05) is 14.2 Å². The van der Waals surface area contributed by atoms with Crippen LogP contribution in [0, 0.1) is 11.8 Å². The molecule has 1 aromatic carbocycles. The van der Waals surface area contributed by atoms with Gasteiger partial charge in [0.25, 0.3) is 5.91 Å². The summed E-state index contributed by atoms with van der Waals surface area (Å²) in [5, 5.41) is 8.95. The standard InChI is InChI=1S/C23H29N3O3S/c1-13-7-6-8-17(14(13)2)24-22(27)20-12-16-21(25-26(3)23(16)30-20)15-9-10-18(28-4)19(11-15)29-5/h9-14,17H,6-8H2,1-5H3,(H,24,27)/t13-,14+,17-/m1/s1. The third-order valence-electron chi connectivity index (χ3n) is 6.42. The van der Waals surface area contributed by atoms with Crippen molar-refractivity contribution in [1.29, 1.82) is 0 Å². The zero-order valence-corrected chi connectivity index (χ0v) is 19.0. The van der Waals surface area contributed by atoms with E-state index in [9.17, 15) is 4.79 Å². The first-order valence-corrected chi connectivity index (χ1v) is 11.2. The number of nitrogens with zero attached hydrogens (tertiary/aromatic N) is 2. The molecule has 0 saturated heterocycles. The van der Waals surface area contributed by atoms with Crippen molar-refractivity contribution in [2.45, 2.75) is 39.2 Å². The summed E-state index contributed by atoms with van der Waals surface area (Å²) in [4.78, 5) is 14.7. The number of aromatic nitrogens is 2. The van der Waals surface area contributed by atoms with Gasteiger partial charge in [-0.05, 0) is 42.5 Å². The van der Waals surface area contributed by atoms with Gasteiger partial charge in [0.15, 0.2) is 11.5 Å². The zero-order valence-electron chi connectivity index (χ0n) is 18.2. The topological polar surface area (TPSA) is 65.4 Å². The van der Waals surface area contributed by atoms with Crippen molar-refractivity contribution in [1.82, 2.24) is 15.1 Å². The number of thiophene rings is 1. The Morgan fingerprint density at radius 2 is 1.93 bits per heavy atom. The van der Waals surface area contributed by atoms with Crippen LogP contribution < -0.4 is 14.8 Å². The minimum atomic E-state index is 0.0143. The Balaban J connectivity index is 1.65. The van der Waals surface area contributed by atoms with Gasteiger partial charge >= 0.3 is 0 Å². The molecule has 4 rings (SSSR count). The van der Waals surface area contributed by atoms with Gasteiger partial charge in [0, 0.05) is 24.0 Å². The molecule has 0 radical (unpaired) electrons. The van der Waals surface area contributed by atoms with E-state index in [1.807, 2.05) is 36.0 Å².